The molecule has 1 rings (SSSR count). The van der Waals surface area contributed by atoms with E-state index >= 15 is 0 Å². The third kappa shape index (κ3) is 11.7. The van der Waals surface area contributed by atoms with Crippen LogP contribution >= 0.6 is 34.4 Å². The Bertz CT molecular complexity index is 53.6. The highest BCUT2D eigenvalue weighted by Crippen LogP contribution is 1.97. The predicted octanol–water partition coefficient (Wildman–Crippen LogP) is 2.45. The molecule has 0 amide bonds. The van der Waals surface area contributed by atoms with Gasteiger partial charge in [0, 0.05) is 0 Å². The Morgan fingerprint density at radius 1 is 0.900 bits per heavy atom. The maximum absolute atomic E-state index is 4.81. The normalized spacial score (nSPS) is 17.1. The van der Waals surface area contributed by atoms with Crippen molar-refractivity contribution in [1.29, 1.82) is 0 Å². The van der Waals surface area contributed by atoms with Gasteiger partial charge in [-0.15, -0.1) is 0 Å². The van der Waals surface area contributed by atoms with Crippen molar-refractivity contribution >= 4 is 39.3 Å². The monoisotopic (exact) mass is 201 g/mol. The highest BCUT2D eigenvalue weighted by Gasteiger charge is 1.93. The van der Waals surface area contributed by atoms with Gasteiger partial charge >= 0.3 is 4.96 Å². The van der Waals surface area contributed by atoms with Gasteiger partial charge in [0.05, 0.1) is 0 Å². The first-order valence-electron chi connectivity index (χ1n) is 3.36. The van der Waals surface area contributed by atoms with Crippen LogP contribution in [0.1, 0.15) is 19.3 Å². The molecule has 0 aromatic heterocycles. The molecule has 1 fully saturated rings. The molecule has 10 heavy (non-hydrogen) atoms. The Labute approximate surface area is 77.2 Å². The van der Waals surface area contributed by atoms with Crippen LogP contribution in [0, 0.1) is 0 Å². The molecule has 0 unspecified atom stereocenters. The predicted molar refractivity (Wildman–Crippen MR) is 50.0 cm³/mol. The molecule has 5 heteroatoms. The van der Waals surface area contributed by atoms with Gasteiger partial charge in [0.2, 0.25) is 0 Å². The molecule has 1 saturated heterocycles. The molecule has 0 aromatic rings. The van der Waals surface area contributed by atoms with Crippen LogP contribution in [0.25, 0.3) is 0 Å². The fourth-order valence-electron chi connectivity index (χ4n) is 0.802. The van der Waals surface area contributed by atoms with E-state index < -0.39 is 4.96 Å². The molecule has 1 aliphatic rings. The van der Waals surface area contributed by atoms with E-state index in [9.17, 15) is 0 Å². The molecular formula is C5H11BCl3N. The van der Waals surface area contributed by atoms with Crippen LogP contribution in [0.4, 0.5) is 0 Å². The highest BCUT2D eigenvalue weighted by molar-refractivity contribution is 7.54. The van der Waals surface area contributed by atoms with Crippen LogP contribution in [0.3, 0.4) is 0 Å². The largest absolute Gasteiger partial charge is 0.450 e. The lowest BCUT2D eigenvalue weighted by Gasteiger charge is -2.08. The summed E-state index contributed by atoms with van der Waals surface area (Å²) in [5.41, 5.74) is 0. The molecule has 0 bridgehead atoms. The van der Waals surface area contributed by atoms with E-state index in [-0.39, 0.29) is 0 Å². The molecule has 0 aliphatic carbocycles. The molecule has 0 aromatic carbocycles. The third-order valence-electron chi connectivity index (χ3n) is 1.21. The van der Waals surface area contributed by atoms with Gasteiger partial charge in [-0.25, -0.2) is 0 Å². The van der Waals surface area contributed by atoms with Crippen LogP contribution in [0.2, 0.25) is 0 Å². The minimum absolute atomic E-state index is 0.750. The van der Waals surface area contributed by atoms with Crippen molar-refractivity contribution < 1.29 is 0 Å². The lowest BCUT2D eigenvalue weighted by atomic mass is 10.2. The fourth-order valence-corrected chi connectivity index (χ4v) is 0.802. The van der Waals surface area contributed by atoms with E-state index in [0.717, 1.165) is 0 Å². The summed E-state index contributed by atoms with van der Waals surface area (Å²) in [6.07, 6.45) is 4.22. The second kappa shape index (κ2) is 8.00. The average Bonchev–Trinajstić information content (AvgIpc) is 1.90. The summed E-state index contributed by atoms with van der Waals surface area (Å²) in [5.74, 6) is 0. The summed E-state index contributed by atoms with van der Waals surface area (Å²) in [4.78, 5) is -0.750. The zero-order valence-corrected chi connectivity index (χ0v) is 8.01. The van der Waals surface area contributed by atoms with Crippen LogP contribution in [0.5, 0.6) is 0 Å². The highest BCUT2D eigenvalue weighted by atomic mass is 35.6. The third-order valence-corrected chi connectivity index (χ3v) is 1.21. The molecule has 0 radical (unpaired) electrons. The summed E-state index contributed by atoms with van der Waals surface area (Å²) in [6, 6.07) is 0. The first-order chi connectivity index (χ1) is 4.73. The van der Waals surface area contributed by atoms with Crippen molar-refractivity contribution in [3.8, 4) is 0 Å². The molecule has 0 saturated carbocycles. The summed E-state index contributed by atoms with van der Waals surface area (Å²) < 4.78 is 0. The number of halogens is 3. The fraction of sp³-hybridized carbons (Fsp3) is 1.00. The van der Waals surface area contributed by atoms with Gasteiger partial charge in [-0.1, -0.05) is 6.42 Å². The zero-order chi connectivity index (χ0) is 7.82. The van der Waals surface area contributed by atoms with Crippen molar-refractivity contribution in [3.63, 3.8) is 0 Å². The minimum atomic E-state index is -0.750. The second-order valence-electron chi connectivity index (χ2n) is 2.06. The minimum Gasteiger partial charge on any atom is -0.317 e. The number of hydrogen-bond acceptors (Lipinski definition) is 1. The van der Waals surface area contributed by atoms with Crippen molar-refractivity contribution in [1.82, 2.24) is 5.32 Å². The van der Waals surface area contributed by atoms with Crippen LogP contribution in [0.15, 0.2) is 0 Å². The summed E-state index contributed by atoms with van der Waals surface area (Å²) >= 11 is 14.4. The smallest absolute Gasteiger partial charge is 0.317 e. The maximum atomic E-state index is 4.81. The van der Waals surface area contributed by atoms with Crippen LogP contribution in [-0.4, -0.2) is 18.0 Å². The first kappa shape index (κ1) is 10.9. The molecule has 60 valence electrons. The number of piperidine rings is 1. The van der Waals surface area contributed by atoms with Gasteiger partial charge in [0.15, 0.2) is 0 Å². The summed E-state index contributed by atoms with van der Waals surface area (Å²) in [6.45, 7) is 2.50. The van der Waals surface area contributed by atoms with Crippen molar-refractivity contribution in [3.05, 3.63) is 0 Å². The standard InChI is InChI=1S/C5H11N.BCl3/c1-2-4-6-5-3-1;2-1(3)4/h6H,1-5H2;. The van der Waals surface area contributed by atoms with Gasteiger partial charge in [0.25, 0.3) is 0 Å². The molecule has 1 nitrogen and oxygen atoms in total. The van der Waals surface area contributed by atoms with Crippen molar-refractivity contribution in [2.75, 3.05) is 13.1 Å². The Morgan fingerprint density at radius 3 is 1.40 bits per heavy atom. The van der Waals surface area contributed by atoms with E-state index in [4.69, 9.17) is 34.4 Å². The van der Waals surface area contributed by atoms with Crippen LogP contribution in [-0.2, 0) is 0 Å². The van der Waals surface area contributed by atoms with Gasteiger partial charge in [-0.2, -0.15) is 34.4 Å². The topological polar surface area (TPSA) is 12.0 Å². The SMILES string of the molecule is C1CCNCC1.ClB(Cl)Cl. The van der Waals surface area contributed by atoms with E-state index in [1.54, 1.807) is 0 Å². The zero-order valence-electron chi connectivity index (χ0n) is 5.75. The molecule has 0 spiro atoms. The summed E-state index contributed by atoms with van der Waals surface area (Å²) in [5, 5.41) is 3.28. The molecule has 1 aliphatic heterocycles. The second-order valence-corrected chi connectivity index (χ2v) is 4.04. The summed E-state index contributed by atoms with van der Waals surface area (Å²) in [7, 11) is 0. The Morgan fingerprint density at radius 2 is 1.30 bits per heavy atom. The lowest BCUT2D eigenvalue weighted by Crippen LogP contribution is -2.21. The molecule has 1 N–H and O–H groups in total. The van der Waals surface area contributed by atoms with E-state index in [1.165, 1.54) is 32.4 Å². The van der Waals surface area contributed by atoms with Gasteiger partial charge in [0.1, 0.15) is 0 Å². The van der Waals surface area contributed by atoms with E-state index in [2.05, 4.69) is 5.32 Å². The van der Waals surface area contributed by atoms with Crippen molar-refractivity contribution in [2.45, 2.75) is 19.3 Å². The Kier molecular flexibility index (Phi) is 8.71. The molecule has 0 atom stereocenters. The van der Waals surface area contributed by atoms with Crippen molar-refractivity contribution in [2.24, 2.45) is 0 Å². The molecule has 1 heterocycles. The number of hydrogen-bond donors (Lipinski definition) is 1. The van der Waals surface area contributed by atoms with Gasteiger partial charge < -0.3 is 5.32 Å². The average molecular weight is 202 g/mol. The lowest BCUT2D eigenvalue weighted by molar-refractivity contribution is 0.520. The maximum Gasteiger partial charge on any atom is 0.450 e. The van der Waals surface area contributed by atoms with Gasteiger partial charge in [-0.05, 0) is 25.9 Å². The van der Waals surface area contributed by atoms with E-state index in [1.807, 2.05) is 0 Å². The molecular weight excluding hydrogens is 191 g/mol. The number of nitrogens with one attached hydrogen (secondary N) is 1. The Balaban J connectivity index is 0.000000180. The van der Waals surface area contributed by atoms with Crippen LogP contribution < -0.4 is 5.32 Å². The first-order valence-corrected chi connectivity index (χ1v) is 4.67. The van der Waals surface area contributed by atoms with Gasteiger partial charge in [-0.3, -0.25) is 0 Å². The Hall–Kier alpha value is 0.895. The number of rotatable bonds is 0. The quantitative estimate of drug-likeness (QED) is 0.595. The van der Waals surface area contributed by atoms with E-state index in [0.29, 0.717) is 0 Å².